The van der Waals surface area contributed by atoms with Gasteiger partial charge < -0.3 is 10.6 Å². The number of aromatic nitrogens is 1. The summed E-state index contributed by atoms with van der Waals surface area (Å²) in [5.41, 5.74) is 6.46. The molecule has 2 N–H and O–H groups in total. The molecule has 1 aromatic heterocycles. The van der Waals surface area contributed by atoms with Crippen LogP contribution in [0.3, 0.4) is 0 Å². The molecule has 0 aliphatic carbocycles. The Bertz CT molecular complexity index is 760. The third-order valence-electron chi connectivity index (χ3n) is 4.33. The number of nitrogens with two attached hydrogens (primary N) is 1. The summed E-state index contributed by atoms with van der Waals surface area (Å²) >= 11 is 0. The molecule has 3 rings (SSSR count). The molecule has 0 bridgehead atoms. The van der Waals surface area contributed by atoms with E-state index in [1.165, 1.54) is 6.07 Å². The minimum atomic E-state index is -0.498. The summed E-state index contributed by atoms with van der Waals surface area (Å²) in [6.45, 7) is 2.20. The van der Waals surface area contributed by atoms with Crippen molar-refractivity contribution in [2.45, 2.75) is 6.04 Å². The first-order valence-electron chi connectivity index (χ1n) is 8.00. The topological polar surface area (TPSA) is 106 Å². The summed E-state index contributed by atoms with van der Waals surface area (Å²) < 4.78 is 0. The van der Waals surface area contributed by atoms with Crippen LogP contribution in [0.1, 0.15) is 11.6 Å². The van der Waals surface area contributed by atoms with Gasteiger partial charge in [0.15, 0.2) is 0 Å². The zero-order valence-corrected chi connectivity index (χ0v) is 13.6. The average Bonchev–Trinajstić information content (AvgIpc) is 2.63. The van der Waals surface area contributed by atoms with Crippen molar-refractivity contribution in [3.8, 4) is 0 Å². The Kier molecular flexibility index (Phi) is 4.90. The third-order valence-corrected chi connectivity index (χ3v) is 4.33. The Balaban J connectivity index is 1.75. The summed E-state index contributed by atoms with van der Waals surface area (Å²) in [6, 6.07) is 11.9. The molecule has 1 aliphatic heterocycles. The number of hydrogen-bond acceptors (Lipinski definition) is 6. The number of anilines is 1. The van der Waals surface area contributed by atoms with E-state index in [1.54, 1.807) is 12.3 Å². The highest BCUT2D eigenvalue weighted by molar-refractivity contribution is 5.81. The van der Waals surface area contributed by atoms with Gasteiger partial charge in [0.1, 0.15) is 6.04 Å². The molecular weight excluding hydrogens is 322 g/mol. The van der Waals surface area contributed by atoms with Crippen LogP contribution in [-0.2, 0) is 4.79 Å². The van der Waals surface area contributed by atoms with Gasteiger partial charge in [-0.3, -0.25) is 19.8 Å². The largest absolute Gasteiger partial charge is 0.368 e. The monoisotopic (exact) mass is 341 g/mol. The lowest BCUT2D eigenvalue weighted by Crippen LogP contribution is -2.50. The van der Waals surface area contributed by atoms with Crippen molar-refractivity contribution in [3.05, 3.63) is 64.3 Å². The Morgan fingerprint density at radius 1 is 1.12 bits per heavy atom. The van der Waals surface area contributed by atoms with Gasteiger partial charge >= 0.3 is 5.69 Å². The van der Waals surface area contributed by atoms with Gasteiger partial charge in [0, 0.05) is 38.4 Å². The predicted molar refractivity (Wildman–Crippen MR) is 93.1 cm³/mol. The van der Waals surface area contributed by atoms with Gasteiger partial charge in [-0.15, -0.1) is 0 Å². The first kappa shape index (κ1) is 16.8. The van der Waals surface area contributed by atoms with Crippen molar-refractivity contribution < 1.29 is 9.72 Å². The number of nitrogens with zero attached hydrogens (tertiary/aromatic N) is 4. The van der Waals surface area contributed by atoms with Crippen LogP contribution in [0.5, 0.6) is 0 Å². The number of piperazine rings is 1. The van der Waals surface area contributed by atoms with Crippen LogP contribution >= 0.6 is 0 Å². The second-order valence-corrected chi connectivity index (χ2v) is 5.84. The van der Waals surface area contributed by atoms with Gasteiger partial charge in [0.25, 0.3) is 0 Å². The van der Waals surface area contributed by atoms with Gasteiger partial charge in [-0.2, -0.15) is 0 Å². The van der Waals surface area contributed by atoms with E-state index in [-0.39, 0.29) is 5.69 Å². The number of hydrogen-bond donors (Lipinski definition) is 1. The molecule has 25 heavy (non-hydrogen) atoms. The number of primary amides is 1. The molecule has 130 valence electrons. The van der Waals surface area contributed by atoms with Gasteiger partial charge in [0.2, 0.25) is 11.7 Å². The van der Waals surface area contributed by atoms with Crippen molar-refractivity contribution in [1.29, 1.82) is 0 Å². The molecule has 0 saturated carbocycles. The fourth-order valence-electron chi connectivity index (χ4n) is 3.16. The van der Waals surface area contributed by atoms with E-state index < -0.39 is 16.9 Å². The zero-order valence-electron chi connectivity index (χ0n) is 13.6. The molecule has 1 fully saturated rings. The quantitative estimate of drug-likeness (QED) is 0.650. The third kappa shape index (κ3) is 3.58. The molecule has 8 heteroatoms. The Labute approximate surface area is 145 Å². The SMILES string of the molecule is NC(=O)C(c1ccccc1)N1CCN(c2ncccc2[N+](=O)[O-])CC1. The molecule has 1 saturated heterocycles. The van der Waals surface area contributed by atoms with Gasteiger partial charge in [-0.1, -0.05) is 30.3 Å². The highest BCUT2D eigenvalue weighted by atomic mass is 16.6. The van der Waals surface area contributed by atoms with Crippen LogP contribution in [0.4, 0.5) is 11.5 Å². The normalized spacial score (nSPS) is 16.4. The average molecular weight is 341 g/mol. The maximum absolute atomic E-state index is 12.0. The molecular formula is C17H19N5O3. The second kappa shape index (κ2) is 7.27. The maximum Gasteiger partial charge on any atom is 0.311 e. The van der Waals surface area contributed by atoms with Crippen molar-refractivity contribution in [1.82, 2.24) is 9.88 Å². The summed E-state index contributed by atoms with van der Waals surface area (Å²) in [7, 11) is 0. The highest BCUT2D eigenvalue weighted by Crippen LogP contribution is 2.28. The number of benzene rings is 1. The summed E-state index contributed by atoms with van der Waals surface area (Å²) in [5, 5.41) is 11.2. The van der Waals surface area contributed by atoms with Crippen LogP contribution in [0, 0.1) is 10.1 Å². The molecule has 1 amide bonds. The van der Waals surface area contributed by atoms with Crippen LogP contribution in [0.25, 0.3) is 0 Å². The number of rotatable bonds is 5. The molecule has 8 nitrogen and oxygen atoms in total. The number of amides is 1. The lowest BCUT2D eigenvalue weighted by atomic mass is 10.0. The van der Waals surface area contributed by atoms with E-state index in [2.05, 4.69) is 4.98 Å². The molecule has 1 unspecified atom stereocenters. The Hall–Kier alpha value is -3.00. The summed E-state index contributed by atoms with van der Waals surface area (Å²) in [5.74, 6) is -0.0362. The molecule has 0 spiro atoms. The van der Waals surface area contributed by atoms with Gasteiger partial charge in [0.05, 0.1) is 4.92 Å². The first-order chi connectivity index (χ1) is 12.1. The second-order valence-electron chi connectivity index (χ2n) is 5.84. The zero-order chi connectivity index (χ0) is 17.8. The maximum atomic E-state index is 12.0. The van der Waals surface area contributed by atoms with E-state index in [9.17, 15) is 14.9 Å². The highest BCUT2D eigenvalue weighted by Gasteiger charge is 2.31. The Morgan fingerprint density at radius 2 is 1.80 bits per heavy atom. The smallest absolute Gasteiger partial charge is 0.311 e. The van der Waals surface area contributed by atoms with Crippen LogP contribution in [-0.4, -0.2) is 46.9 Å². The van der Waals surface area contributed by atoms with E-state index in [4.69, 9.17) is 5.73 Å². The standard InChI is InChI=1S/C17H19N5O3/c18-16(23)15(13-5-2-1-3-6-13)20-9-11-21(12-10-20)17-14(22(24)25)7-4-8-19-17/h1-8,15H,9-12H2,(H2,18,23). The van der Waals surface area contributed by atoms with Crippen LogP contribution < -0.4 is 10.6 Å². The van der Waals surface area contributed by atoms with Gasteiger partial charge in [-0.05, 0) is 11.6 Å². The van der Waals surface area contributed by atoms with Crippen molar-refractivity contribution in [3.63, 3.8) is 0 Å². The molecule has 1 aromatic carbocycles. The molecule has 2 aromatic rings. The Morgan fingerprint density at radius 3 is 2.40 bits per heavy atom. The van der Waals surface area contributed by atoms with Crippen LogP contribution in [0.2, 0.25) is 0 Å². The lowest BCUT2D eigenvalue weighted by Gasteiger charge is -2.38. The summed E-state index contributed by atoms with van der Waals surface area (Å²) in [4.78, 5) is 30.7. The first-order valence-corrected chi connectivity index (χ1v) is 8.00. The minimum Gasteiger partial charge on any atom is -0.368 e. The number of nitro groups is 1. The van der Waals surface area contributed by atoms with Crippen LogP contribution in [0.15, 0.2) is 48.7 Å². The summed E-state index contributed by atoms with van der Waals surface area (Å²) in [6.07, 6.45) is 1.55. The number of carbonyl (C=O) groups is 1. The van der Waals surface area contributed by atoms with Crippen molar-refractivity contribution in [2.24, 2.45) is 5.73 Å². The fourth-order valence-corrected chi connectivity index (χ4v) is 3.16. The van der Waals surface area contributed by atoms with Crippen molar-refractivity contribution >= 4 is 17.4 Å². The fraction of sp³-hybridized carbons (Fsp3) is 0.294. The van der Waals surface area contributed by atoms with E-state index >= 15 is 0 Å². The lowest BCUT2D eigenvalue weighted by molar-refractivity contribution is -0.384. The minimum absolute atomic E-state index is 0.00883. The molecule has 2 heterocycles. The van der Waals surface area contributed by atoms with E-state index in [0.29, 0.717) is 32.0 Å². The van der Waals surface area contributed by atoms with E-state index in [1.807, 2.05) is 40.1 Å². The number of pyridine rings is 1. The molecule has 1 atom stereocenters. The molecule has 0 radical (unpaired) electrons. The van der Waals surface area contributed by atoms with E-state index in [0.717, 1.165) is 5.56 Å². The predicted octanol–water partition coefficient (Wildman–Crippen LogP) is 1.34. The van der Waals surface area contributed by atoms with Crippen molar-refractivity contribution in [2.75, 3.05) is 31.1 Å². The number of carbonyl (C=O) groups excluding carboxylic acids is 1. The van der Waals surface area contributed by atoms with Gasteiger partial charge in [-0.25, -0.2) is 4.98 Å². The molecule has 1 aliphatic rings.